The molecule has 2 aliphatic rings. The van der Waals surface area contributed by atoms with Gasteiger partial charge in [0.2, 0.25) is 0 Å². The smallest absolute Gasteiger partial charge is 0.264 e. The van der Waals surface area contributed by atoms with E-state index in [1.54, 1.807) is 0 Å². The monoisotopic (exact) mass is 329 g/mol. The average molecular weight is 329 g/mol. The van der Waals surface area contributed by atoms with E-state index in [-0.39, 0.29) is 6.61 Å². The lowest BCUT2D eigenvalue weighted by atomic mass is 9.85. The molecule has 0 bridgehead atoms. The number of hydrogen-bond donors (Lipinski definition) is 0. The van der Waals surface area contributed by atoms with Gasteiger partial charge in [-0.1, -0.05) is 12.3 Å². The first-order valence-corrected chi connectivity index (χ1v) is 9.96. The minimum absolute atomic E-state index is 0.230. The molecule has 0 N–H and O–H groups in total. The van der Waals surface area contributed by atoms with Gasteiger partial charge < -0.3 is 9.64 Å². The molecule has 1 saturated carbocycles. The Kier molecular flexibility index (Phi) is 6.27. The molecule has 22 heavy (non-hydrogen) atoms. The number of ether oxygens (including phenoxy) is 1. The maximum atomic E-state index is 11.5. The SMILES string of the molecule is C#CC1(OCC(CN2CCCC2)OS(C)(=O)=O)CCCCC1. The van der Waals surface area contributed by atoms with Gasteiger partial charge in [-0.25, -0.2) is 0 Å². The second-order valence-electron chi connectivity index (χ2n) is 6.44. The highest BCUT2D eigenvalue weighted by Crippen LogP contribution is 2.31. The fourth-order valence-electron chi connectivity index (χ4n) is 3.32. The molecule has 0 aromatic heterocycles. The quantitative estimate of drug-likeness (QED) is 0.526. The molecule has 5 nitrogen and oxygen atoms in total. The lowest BCUT2D eigenvalue weighted by molar-refractivity contribution is -0.0612. The molecule has 1 heterocycles. The number of terminal acetylenes is 1. The summed E-state index contributed by atoms with van der Waals surface area (Å²) in [5.74, 6) is 2.79. The average Bonchev–Trinajstić information content (AvgIpc) is 2.97. The lowest BCUT2D eigenvalue weighted by Gasteiger charge is -2.34. The fraction of sp³-hybridized carbons (Fsp3) is 0.875. The van der Waals surface area contributed by atoms with Gasteiger partial charge in [0.15, 0.2) is 0 Å². The Labute approximate surface area is 134 Å². The Morgan fingerprint density at radius 1 is 1.18 bits per heavy atom. The summed E-state index contributed by atoms with van der Waals surface area (Å²) in [7, 11) is -3.50. The van der Waals surface area contributed by atoms with Crippen LogP contribution in [0.4, 0.5) is 0 Å². The molecule has 0 aromatic carbocycles. The molecule has 0 amide bonds. The van der Waals surface area contributed by atoms with Crippen molar-refractivity contribution in [1.29, 1.82) is 0 Å². The minimum atomic E-state index is -3.50. The van der Waals surface area contributed by atoms with Crippen molar-refractivity contribution < 1.29 is 17.3 Å². The molecule has 1 unspecified atom stereocenters. The summed E-state index contributed by atoms with van der Waals surface area (Å²) < 4.78 is 34.2. The van der Waals surface area contributed by atoms with E-state index in [1.807, 2.05) is 0 Å². The lowest BCUT2D eigenvalue weighted by Crippen LogP contribution is -2.41. The summed E-state index contributed by atoms with van der Waals surface area (Å²) in [6.45, 7) is 2.79. The topological polar surface area (TPSA) is 55.8 Å². The molecule has 0 spiro atoms. The van der Waals surface area contributed by atoms with Crippen LogP contribution >= 0.6 is 0 Å². The van der Waals surface area contributed by atoms with Gasteiger partial charge in [0, 0.05) is 6.54 Å². The van der Waals surface area contributed by atoms with Gasteiger partial charge in [0.05, 0.1) is 12.9 Å². The first kappa shape index (κ1) is 17.7. The molecule has 1 aliphatic carbocycles. The Hall–Kier alpha value is -0.610. The molecule has 0 aromatic rings. The maximum absolute atomic E-state index is 11.5. The van der Waals surface area contributed by atoms with Gasteiger partial charge in [-0.3, -0.25) is 4.18 Å². The molecule has 2 fully saturated rings. The summed E-state index contributed by atoms with van der Waals surface area (Å²) in [5.41, 5.74) is -0.539. The molecule has 0 radical (unpaired) electrons. The molecule has 1 saturated heterocycles. The summed E-state index contributed by atoms with van der Waals surface area (Å²) in [6.07, 6.45) is 13.6. The van der Waals surface area contributed by atoms with Crippen LogP contribution in [-0.4, -0.2) is 57.5 Å². The molecule has 2 rings (SSSR count). The molecule has 1 aliphatic heterocycles. The second-order valence-corrected chi connectivity index (χ2v) is 8.04. The van der Waals surface area contributed by atoms with Crippen molar-refractivity contribution in [2.75, 3.05) is 32.5 Å². The Morgan fingerprint density at radius 3 is 2.36 bits per heavy atom. The molecule has 6 heteroatoms. The molecule has 1 atom stereocenters. The van der Waals surface area contributed by atoms with Crippen LogP contribution in [0.1, 0.15) is 44.9 Å². The van der Waals surface area contributed by atoms with E-state index in [0.29, 0.717) is 6.54 Å². The van der Waals surface area contributed by atoms with E-state index in [2.05, 4.69) is 10.8 Å². The highest BCUT2D eigenvalue weighted by Gasteiger charge is 2.32. The van der Waals surface area contributed by atoms with Crippen molar-refractivity contribution in [2.45, 2.75) is 56.7 Å². The molecule has 126 valence electrons. The van der Waals surface area contributed by atoms with Crippen molar-refractivity contribution >= 4 is 10.1 Å². The summed E-state index contributed by atoms with van der Waals surface area (Å²) in [5, 5.41) is 0. The largest absolute Gasteiger partial charge is 0.360 e. The van der Waals surface area contributed by atoms with Gasteiger partial charge in [0.1, 0.15) is 11.7 Å². The van der Waals surface area contributed by atoms with E-state index in [9.17, 15) is 8.42 Å². The molecular formula is C16H27NO4S. The van der Waals surface area contributed by atoms with Gasteiger partial charge in [-0.05, 0) is 51.6 Å². The zero-order valence-electron chi connectivity index (χ0n) is 13.4. The Balaban J connectivity index is 1.94. The van der Waals surface area contributed by atoms with Crippen LogP contribution in [0.15, 0.2) is 0 Å². The van der Waals surface area contributed by atoms with Gasteiger partial charge in [0.25, 0.3) is 10.1 Å². The number of rotatable bonds is 7. The van der Waals surface area contributed by atoms with Gasteiger partial charge in [-0.2, -0.15) is 8.42 Å². The van der Waals surface area contributed by atoms with Crippen LogP contribution in [-0.2, 0) is 19.0 Å². The highest BCUT2D eigenvalue weighted by molar-refractivity contribution is 7.86. The number of nitrogens with zero attached hydrogens (tertiary/aromatic N) is 1. The van der Waals surface area contributed by atoms with Crippen LogP contribution in [0.25, 0.3) is 0 Å². The van der Waals surface area contributed by atoms with Crippen LogP contribution in [0, 0.1) is 12.3 Å². The van der Waals surface area contributed by atoms with Crippen LogP contribution in [0.2, 0.25) is 0 Å². The standard InChI is InChI=1S/C16H27NO4S/c1-3-16(9-5-4-6-10-16)20-14-15(21-22(2,18)19)13-17-11-7-8-12-17/h1,15H,4-14H2,2H3. The third-order valence-corrected chi connectivity index (χ3v) is 5.06. The van der Waals surface area contributed by atoms with E-state index < -0.39 is 21.8 Å². The minimum Gasteiger partial charge on any atom is -0.360 e. The van der Waals surface area contributed by atoms with Crippen LogP contribution in [0.3, 0.4) is 0 Å². The van der Waals surface area contributed by atoms with Crippen molar-refractivity contribution in [3.8, 4) is 12.3 Å². The zero-order chi connectivity index (χ0) is 16.1. The molecular weight excluding hydrogens is 302 g/mol. The van der Waals surface area contributed by atoms with E-state index in [0.717, 1.165) is 57.9 Å². The summed E-state index contributed by atoms with van der Waals surface area (Å²) >= 11 is 0. The first-order chi connectivity index (χ1) is 10.4. The predicted octanol–water partition coefficient (Wildman–Crippen LogP) is 1.78. The van der Waals surface area contributed by atoms with E-state index >= 15 is 0 Å². The van der Waals surface area contributed by atoms with Crippen molar-refractivity contribution in [3.05, 3.63) is 0 Å². The summed E-state index contributed by atoms with van der Waals surface area (Å²) in [6, 6.07) is 0. The van der Waals surface area contributed by atoms with Crippen molar-refractivity contribution in [2.24, 2.45) is 0 Å². The third-order valence-electron chi connectivity index (χ3n) is 4.44. The van der Waals surface area contributed by atoms with Crippen LogP contribution in [0.5, 0.6) is 0 Å². The van der Waals surface area contributed by atoms with E-state index in [4.69, 9.17) is 15.3 Å². The van der Waals surface area contributed by atoms with Crippen molar-refractivity contribution in [1.82, 2.24) is 4.90 Å². The Morgan fingerprint density at radius 2 is 1.82 bits per heavy atom. The zero-order valence-corrected chi connectivity index (χ0v) is 14.2. The third kappa shape index (κ3) is 5.54. The Bertz CT molecular complexity index is 485. The fourth-order valence-corrected chi connectivity index (χ4v) is 3.93. The van der Waals surface area contributed by atoms with E-state index in [1.165, 1.54) is 6.42 Å². The summed E-state index contributed by atoms with van der Waals surface area (Å²) in [4.78, 5) is 2.22. The van der Waals surface area contributed by atoms with Crippen molar-refractivity contribution in [3.63, 3.8) is 0 Å². The van der Waals surface area contributed by atoms with Gasteiger partial charge in [-0.15, -0.1) is 6.42 Å². The second kappa shape index (κ2) is 7.78. The number of hydrogen-bond acceptors (Lipinski definition) is 5. The normalized spacial score (nSPS) is 24.0. The first-order valence-electron chi connectivity index (χ1n) is 8.15. The van der Waals surface area contributed by atoms with Gasteiger partial charge >= 0.3 is 0 Å². The maximum Gasteiger partial charge on any atom is 0.264 e. The highest BCUT2D eigenvalue weighted by atomic mass is 32.2. The van der Waals surface area contributed by atoms with Crippen LogP contribution < -0.4 is 0 Å². The number of likely N-dealkylation sites (tertiary alicyclic amines) is 1. The predicted molar refractivity (Wildman–Crippen MR) is 86.0 cm³/mol.